The number of carbonyl (C=O) groups excluding carboxylic acids is 2. The molecule has 24 heavy (non-hydrogen) atoms. The van der Waals surface area contributed by atoms with Crippen molar-refractivity contribution in [1.29, 1.82) is 0 Å². The second-order valence-electron chi connectivity index (χ2n) is 5.66. The number of anilines is 1. The van der Waals surface area contributed by atoms with Crippen molar-refractivity contribution >= 4 is 17.5 Å². The van der Waals surface area contributed by atoms with E-state index in [-0.39, 0.29) is 11.8 Å². The van der Waals surface area contributed by atoms with Crippen molar-refractivity contribution in [1.82, 2.24) is 0 Å². The number of benzene rings is 2. The number of hydrogen-bond acceptors (Lipinski definition) is 3. The fourth-order valence-corrected chi connectivity index (χ4v) is 2.17. The molecule has 0 saturated heterocycles. The van der Waals surface area contributed by atoms with E-state index < -0.39 is 5.91 Å². The highest BCUT2D eigenvalue weighted by molar-refractivity contribution is 5.96. The van der Waals surface area contributed by atoms with E-state index in [0.29, 0.717) is 30.9 Å². The summed E-state index contributed by atoms with van der Waals surface area (Å²) in [6, 6.07) is 16.5. The summed E-state index contributed by atoms with van der Waals surface area (Å²) in [7, 11) is 0. The fourth-order valence-electron chi connectivity index (χ4n) is 2.17. The highest BCUT2D eigenvalue weighted by atomic mass is 16.5. The quantitative estimate of drug-likeness (QED) is 0.732. The second kappa shape index (κ2) is 8.84. The van der Waals surface area contributed by atoms with Crippen LogP contribution in [-0.4, -0.2) is 18.4 Å². The number of carbonyl (C=O) groups is 2. The molecule has 126 valence electrons. The van der Waals surface area contributed by atoms with Gasteiger partial charge in [0.2, 0.25) is 11.8 Å². The van der Waals surface area contributed by atoms with Crippen LogP contribution in [0.5, 0.6) is 0 Å². The Balaban J connectivity index is 1.76. The van der Waals surface area contributed by atoms with Gasteiger partial charge in [0.05, 0.1) is 6.61 Å². The maximum atomic E-state index is 12.2. The number of nitrogens with two attached hydrogens (primary N) is 1. The number of hydrogen-bond donors (Lipinski definition) is 2. The van der Waals surface area contributed by atoms with Crippen molar-refractivity contribution in [2.45, 2.75) is 20.0 Å². The Hall–Kier alpha value is -2.66. The maximum Gasteiger partial charge on any atom is 0.248 e. The van der Waals surface area contributed by atoms with Crippen LogP contribution in [0.4, 0.5) is 5.69 Å². The molecule has 0 spiro atoms. The number of primary amides is 1. The van der Waals surface area contributed by atoms with E-state index in [1.165, 1.54) is 0 Å². The number of rotatable bonds is 8. The van der Waals surface area contributed by atoms with Gasteiger partial charge in [-0.25, -0.2) is 0 Å². The monoisotopic (exact) mass is 326 g/mol. The molecule has 0 aliphatic heterocycles. The first-order chi connectivity index (χ1) is 11.6. The number of amides is 2. The molecule has 3 N–H and O–H groups in total. The van der Waals surface area contributed by atoms with Crippen LogP contribution in [0.25, 0.3) is 0 Å². The fraction of sp³-hybridized carbons (Fsp3) is 0.263. The van der Waals surface area contributed by atoms with Crippen LogP contribution in [0.15, 0.2) is 54.6 Å². The summed E-state index contributed by atoms with van der Waals surface area (Å²) < 4.78 is 5.60. The largest absolute Gasteiger partial charge is 0.377 e. The lowest BCUT2D eigenvalue weighted by Gasteiger charge is -2.13. The molecule has 5 heteroatoms. The van der Waals surface area contributed by atoms with E-state index in [2.05, 4.69) is 5.32 Å². The zero-order valence-corrected chi connectivity index (χ0v) is 13.7. The molecule has 2 rings (SSSR count). The normalized spacial score (nSPS) is 11.7. The van der Waals surface area contributed by atoms with E-state index in [1.54, 1.807) is 24.3 Å². The molecule has 1 atom stereocenters. The highest BCUT2D eigenvalue weighted by Gasteiger charge is 2.13. The molecule has 0 radical (unpaired) electrons. The Labute approximate surface area is 141 Å². The Kier molecular flexibility index (Phi) is 6.51. The predicted molar refractivity (Wildman–Crippen MR) is 93.5 cm³/mol. The molecule has 0 aliphatic carbocycles. The van der Waals surface area contributed by atoms with E-state index in [9.17, 15) is 9.59 Å². The Morgan fingerprint density at radius 3 is 2.58 bits per heavy atom. The predicted octanol–water partition coefficient (Wildman–Crippen LogP) is 2.97. The molecule has 0 aromatic heterocycles. The van der Waals surface area contributed by atoms with Gasteiger partial charge >= 0.3 is 0 Å². The van der Waals surface area contributed by atoms with Gasteiger partial charge in [0.15, 0.2) is 0 Å². The lowest BCUT2D eigenvalue weighted by atomic mass is 10.1. The van der Waals surface area contributed by atoms with Crippen molar-refractivity contribution in [2.24, 2.45) is 11.7 Å². The summed E-state index contributed by atoms with van der Waals surface area (Å²) in [6.45, 7) is 2.89. The first kappa shape index (κ1) is 17.7. The Morgan fingerprint density at radius 2 is 1.88 bits per heavy atom. The summed E-state index contributed by atoms with van der Waals surface area (Å²) >= 11 is 0. The van der Waals surface area contributed by atoms with Gasteiger partial charge < -0.3 is 15.8 Å². The lowest BCUT2D eigenvalue weighted by Crippen LogP contribution is -2.22. The molecule has 0 fully saturated rings. The van der Waals surface area contributed by atoms with Crippen LogP contribution in [0.3, 0.4) is 0 Å². The van der Waals surface area contributed by atoms with Crippen molar-refractivity contribution in [3.63, 3.8) is 0 Å². The van der Waals surface area contributed by atoms with Gasteiger partial charge in [-0.1, -0.05) is 43.3 Å². The molecule has 2 aromatic rings. The highest BCUT2D eigenvalue weighted by Crippen LogP contribution is 2.13. The van der Waals surface area contributed by atoms with Gasteiger partial charge in [-0.3, -0.25) is 9.59 Å². The van der Waals surface area contributed by atoms with Crippen LogP contribution < -0.4 is 11.1 Å². The zero-order chi connectivity index (χ0) is 17.4. The molecule has 2 amide bonds. The average molecular weight is 326 g/mol. The summed E-state index contributed by atoms with van der Waals surface area (Å²) in [6.07, 6.45) is 0.619. The van der Waals surface area contributed by atoms with E-state index >= 15 is 0 Å². The summed E-state index contributed by atoms with van der Waals surface area (Å²) in [5.74, 6) is -0.827. The minimum atomic E-state index is -0.520. The first-order valence-corrected chi connectivity index (χ1v) is 7.88. The third kappa shape index (κ3) is 5.52. The Bertz CT molecular complexity index is 686. The van der Waals surface area contributed by atoms with E-state index in [1.807, 2.05) is 37.3 Å². The lowest BCUT2D eigenvalue weighted by molar-refractivity contribution is -0.120. The summed E-state index contributed by atoms with van der Waals surface area (Å²) in [5, 5.41) is 2.79. The van der Waals surface area contributed by atoms with Gasteiger partial charge in [0.25, 0.3) is 0 Å². The van der Waals surface area contributed by atoms with Gasteiger partial charge in [-0.2, -0.15) is 0 Å². The van der Waals surface area contributed by atoms with Crippen molar-refractivity contribution < 1.29 is 14.3 Å². The summed E-state index contributed by atoms with van der Waals surface area (Å²) in [5.41, 5.74) is 7.27. The van der Waals surface area contributed by atoms with Crippen LogP contribution in [-0.2, 0) is 16.1 Å². The second-order valence-corrected chi connectivity index (χ2v) is 5.66. The first-order valence-electron chi connectivity index (χ1n) is 7.88. The molecular weight excluding hydrogens is 304 g/mol. The topological polar surface area (TPSA) is 81.4 Å². The smallest absolute Gasteiger partial charge is 0.248 e. The van der Waals surface area contributed by atoms with Crippen LogP contribution in [0.1, 0.15) is 29.3 Å². The van der Waals surface area contributed by atoms with Crippen molar-refractivity contribution in [2.75, 3.05) is 11.9 Å². The molecule has 0 bridgehead atoms. The van der Waals surface area contributed by atoms with Crippen LogP contribution in [0.2, 0.25) is 0 Å². The molecule has 2 aromatic carbocycles. The van der Waals surface area contributed by atoms with Gasteiger partial charge in [0, 0.05) is 23.8 Å². The SMILES string of the molecule is CC(CCOCc1ccccc1)C(=O)Nc1cccc(C(N)=O)c1. The van der Waals surface area contributed by atoms with Gasteiger partial charge in [-0.15, -0.1) is 0 Å². The third-order valence-electron chi connectivity index (χ3n) is 3.67. The minimum Gasteiger partial charge on any atom is -0.377 e. The van der Waals surface area contributed by atoms with Crippen LogP contribution in [0, 0.1) is 5.92 Å². The van der Waals surface area contributed by atoms with Gasteiger partial charge in [0.1, 0.15) is 0 Å². The molecule has 0 saturated carbocycles. The minimum absolute atomic E-state index is 0.111. The van der Waals surface area contributed by atoms with Crippen molar-refractivity contribution in [3.8, 4) is 0 Å². The molecule has 5 nitrogen and oxygen atoms in total. The average Bonchev–Trinajstić information content (AvgIpc) is 2.59. The number of nitrogens with one attached hydrogen (secondary N) is 1. The zero-order valence-electron chi connectivity index (χ0n) is 13.7. The van der Waals surface area contributed by atoms with Crippen molar-refractivity contribution in [3.05, 3.63) is 65.7 Å². The van der Waals surface area contributed by atoms with Crippen LogP contribution >= 0.6 is 0 Å². The molecule has 1 unspecified atom stereocenters. The Morgan fingerprint density at radius 1 is 1.12 bits per heavy atom. The molecule has 0 heterocycles. The summed E-state index contributed by atoms with van der Waals surface area (Å²) in [4.78, 5) is 23.3. The third-order valence-corrected chi connectivity index (χ3v) is 3.67. The molecule has 0 aliphatic rings. The maximum absolute atomic E-state index is 12.2. The number of ether oxygens (including phenoxy) is 1. The molecular formula is C19H22N2O3. The van der Waals surface area contributed by atoms with E-state index in [4.69, 9.17) is 10.5 Å². The van der Waals surface area contributed by atoms with E-state index in [0.717, 1.165) is 5.56 Å². The van der Waals surface area contributed by atoms with Gasteiger partial charge in [-0.05, 0) is 30.2 Å². The standard InChI is InChI=1S/C19H22N2O3/c1-14(10-11-24-13-15-6-3-2-4-7-15)19(23)21-17-9-5-8-16(12-17)18(20)22/h2-9,12,14H,10-11,13H2,1H3,(H2,20,22)(H,21,23).